The van der Waals surface area contributed by atoms with Crippen LogP contribution in [-0.4, -0.2) is 36.3 Å². The SMILES string of the molecule is CNC(=O)C(C)N(CCc1ccccc1)C(=O)Cc1cc(C)cc(C)c1. The van der Waals surface area contributed by atoms with E-state index >= 15 is 0 Å². The molecule has 2 amide bonds. The van der Waals surface area contributed by atoms with E-state index in [0.717, 1.165) is 28.7 Å². The van der Waals surface area contributed by atoms with E-state index in [1.165, 1.54) is 0 Å². The number of rotatable bonds is 7. The van der Waals surface area contributed by atoms with Crippen LogP contribution < -0.4 is 5.32 Å². The quantitative estimate of drug-likeness (QED) is 0.833. The first-order valence-corrected chi connectivity index (χ1v) is 9.03. The van der Waals surface area contributed by atoms with Crippen LogP contribution in [0.3, 0.4) is 0 Å². The van der Waals surface area contributed by atoms with Gasteiger partial charge in [0, 0.05) is 13.6 Å². The molecule has 0 aliphatic heterocycles. The van der Waals surface area contributed by atoms with Crippen LogP contribution in [0.25, 0.3) is 0 Å². The lowest BCUT2D eigenvalue weighted by atomic mass is 10.0. The van der Waals surface area contributed by atoms with E-state index in [9.17, 15) is 9.59 Å². The van der Waals surface area contributed by atoms with Crippen molar-refractivity contribution in [3.8, 4) is 0 Å². The highest BCUT2D eigenvalue weighted by Crippen LogP contribution is 2.13. The maximum atomic E-state index is 13.0. The molecule has 2 aromatic rings. The highest BCUT2D eigenvalue weighted by Gasteiger charge is 2.25. The monoisotopic (exact) mass is 352 g/mol. The van der Waals surface area contributed by atoms with Gasteiger partial charge in [-0.2, -0.15) is 0 Å². The number of hydrogen-bond acceptors (Lipinski definition) is 2. The second-order valence-corrected chi connectivity index (χ2v) is 6.79. The highest BCUT2D eigenvalue weighted by atomic mass is 16.2. The summed E-state index contributed by atoms with van der Waals surface area (Å²) in [7, 11) is 1.60. The molecule has 2 aromatic carbocycles. The first-order chi connectivity index (χ1) is 12.4. The molecule has 0 radical (unpaired) electrons. The third-order valence-corrected chi connectivity index (χ3v) is 4.53. The minimum atomic E-state index is -0.498. The molecule has 4 nitrogen and oxygen atoms in total. The average molecular weight is 352 g/mol. The molecule has 0 bridgehead atoms. The molecular formula is C22H28N2O2. The van der Waals surface area contributed by atoms with Gasteiger partial charge in [-0.3, -0.25) is 9.59 Å². The van der Waals surface area contributed by atoms with Crippen LogP contribution >= 0.6 is 0 Å². The van der Waals surface area contributed by atoms with Gasteiger partial charge in [0.1, 0.15) is 6.04 Å². The number of amides is 2. The van der Waals surface area contributed by atoms with Gasteiger partial charge in [-0.1, -0.05) is 59.7 Å². The third kappa shape index (κ3) is 5.45. The van der Waals surface area contributed by atoms with E-state index in [1.807, 2.05) is 56.3 Å². The lowest BCUT2D eigenvalue weighted by molar-refractivity contribution is -0.139. The fourth-order valence-corrected chi connectivity index (χ4v) is 3.23. The van der Waals surface area contributed by atoms with Gasteiger partial charge in [-0.25, -0.2) is 0 Å². The van der Waals surface area contributed by atoms with Gasteiger partial charge in [-0.05, 0) is 38.3 Å². The summed E-state index contributed by atoms with van der Waals surface area (Å²) in [6, 6.07) is 15.7. The van der Waals surface area contributed by atoms with Crippen molar-refractivity contribution in [2.75, 3.05) is 13.6 Å². The Hall–Kier alpha value is -2.62. The molecule has 2 rings (SSSR count). The zero-order chi connectivity index (χ0) is 19.1. The average Bonchev–Trinajstić information content (AvgIpc) is 2.61. The van der Waals surface area contributed by atoms with E-state index in [0.29, 0.717) is 13.0 Å². The zero-order valence-electron chi connectivity index (χ0n) is 16.1. The first-order valence-electron chi connectivity index (χ1n) is 9.03. The zero-order valence-corrected chi connectivity index (χ0v) is 16.1. The summed E-state index contributed by atoms with van der Waals surface area (Å²) in [6.45, 7) is 6.36. The molecule has 1 atom stereocenters. The number of likely N-dealkylation sites (N-methyl/N-ethyl adjacent to an activating group) is 1. The summed E-state index contributed by atoms with van der Waals surface area (Å²) in [5.41, 5.74) is 4.42. The molecule has 0 fully saturated rings. The summed E-state index contributed by atoms with van der Waals surface area (Å²) < 4.78 is 0. The Morgan fingerprint density at radius 3 is 2.19 bits per heavy atom. The largest absolute Gasteiger partial charge is 0.357 e. The fraction of sp³-hybridized carbons (Fsp3) is 0.364. The Morgan fingerprint density at radius 2 is 1.62 bits per heavy atom. The molecule has 0 aliphatic rings. The van der Waals surface area contributed by atoms with Crippen LogP contribution in [-0.2, 0) is 22.4 Å². The number of hydrogen-bond donors (Lipinski definition) is 1. The number of nitrogens with zero attached hydrogens (tertiary/aromatic N) is 1. The number of nitrogens with one attached hydrogen (secondary N) is 1. The Balaban J connectivity index is 2.15. The third-order valence-electron chi connectivity index (χ3n) is 4.53. The Labute approximate surface area is 156 Å². The minimum Gasteiger partial charge on any atom is -0.357 e. The van der Waals surface area contributed by atoms with E-state index in [2.05, 4.69) is 11.4 Å². The van der Waals surface area contributed by atoms with Crippen LogP contribution in [0.4, 0.5) is 0 Å². The molecule has 138 valence electrons. The first kappa shape index (κ1) is 19.7. The van der Waals surface area contributed by atoms with Crippen molar-refractivity contribution in [1.29, 1.82) is 0 Å². The molecule has 0 saturated heterocycles. The molecule has 0 aromatic heterocycles. The van der Waals surface area contributed by atoms with Crippen molar-refractivity contribution in [3.05, 3.63) is 70.8 Å². The van der Waals surface area contributed by atoms with Gasteiger partial charge < -0.3 is 10.2 Å². The lowest BCUT2D eigenvalue weighted by Gasteiger charge is -2.28. The molecule has 0 saturated carbocycles. The van der Waals surface area contributed by atoms with E-state index in [-0.39, 0.29) is 11.8 Å². The molecule has 26 heavy (non-hydrogen) atoms. The number of aryl methyl sites for hydroxylation is 2. The van der Waals surface area contributed by atoms with Gasteiger partial charge in [0.2, 0.25) is 11.8 Å². The summed E-state index contributed by atoms with van der Waals surface area (Å²) in [5, 5.41) is 2.65. The Morgan fingerprint density at radius 1 is 1.00 bits per heavy atom. The molecule has 0 spiro atoms. The van der Waals surface area contributed by atoms with E-state index in [1.54, 1.807) is 18.9 Å². The van der Waals surface area contributed by atoms with E-state index < -0.39 is 6.04 Å². The smallest absolute Gasteiger partial charge is 0.242 e. The minimum absolute atomic E-state index is 0.0259. The number of benzene rings is 2. The van der Waals surface area contributed by atoms with Crippen LogP contribution in [0.15, 0.2) is 48.5 Å². The van der Waals surface area contributed by atoms with Crippen LogP contribution in [0.5, 0.6) is 0 Å². The number of carbonyl (C=O) groups is 2. The standard InChI is InChI=1S/C22H28N2O2/c1-16-12-17(2)14-20(13-16)15-21(25)24(18(3)22(26)23-4)11-10-19-8-6-5-7-9-19/h5-9,12-14,18H,10-11,15H2,1-4H3,(H,23,26). The van der Waals surface area contributed by atoms with Gasteiger partial charge >= 0.3 is 0 Å². The van der Waals surface area contributed by atoms with Gasteiger partial charge in [0.15, 0.2) is 0 Å². The van der Waals surface area contributed by atoms with Crippen molar-refractivity contribution < 1.29 is 9.59 Å². The highest BCUT2D eigenvalue weighted by molar-refractivity contribution is 5.88. The summed E-state index contributed by atoms with van der Waals surface area (Å²) in [5.74, 6) is -0.172. The summed E-state index contributed by atoms with van der Waals surface area (Å²) >= 11 is 0. The van der Waals surface area contributed by atoms with Crippen LogP contribution in [0, 0.1) is 13.8 Å². The van der Waals surface area contributed by atoms with Crippen LogP contribution in [0.2, 0.25) is 0 Å². The molecule has 0 aliphatic carbocycles. The van der Waals surface area contributed by atoms with Crippen molar-refractivity contribution in [2.24, 2.45) is 0 Å². The van der Waals surface area contributed by atoms with Crippen molar-refractivity contribution in [1.82, 2.24) is 10.2 Å². The van der Waals surface area contributed by atoms with Crippen molar-refractivity contribution >= 4 is 11.8 Å². The topological polar surface area (TPSA) is 49.4 Å². The Kier molecular flexibility index (Phi) is 6.96. The molecule has 0 heterocycles. The maximum Gasteiger partial charge on any atom is 0.242 e. The maximum absolute atomic E-state index is 13.0. The molecular weight excluding hydrogens is 324 g/mol. The van der Waals surface area contributed by atoms with Crippen molar-refractivity contribution in [2.45, 2.75) is 39.7 Å². The molecule has 1 unspecified atom stereocenters. The number of carbonyl (C=O) groups excluding carboxylic acids is 2. The van der Waals surface area contributed by atoms with Gasteiger partial charge in [-0.15, -0.1) is 0 Å². The predicted molar refractivity (Wildman–Crippen MR) is 105 cm³/mol. The van der Waals surface area contributed by atoms with Crippen LogP contribution in [0.1, 0.15) is 29.2 Å². The predicted octanol–water partition coefficient (Wildman–Crippen LogP) is 3.05. The second-order valence-electron chi connectivity index (χ2n) is 6.79. The van der Waals surface area contributed by atoms with Gasteiger partial charge in [0.05, 0.1) is 6.42 Å². The second kappa shape index (κ2) is 9.18. The Bertz CT molecular complexity index is 736. The van der Waals surface area contributed by atoms with Crippen molar-refractivity contribution in [3.63, 3.8) is 0 Å². The van der Waals surface area contributed by atoms with E-state index in [4.69, 9.17) is 0 Å². The normalized spacial score (nSPS) is 11.7. The summed E-state index contributed by atoms with van der Waals surface area (Å²) in [6.07, 6.45) is 1.03. The summed E-state index contributed by atoms with van der Waals surface area (Å²) in [4.78, 5) is 26.8. The molecule has 1 N–H and O–H groups in total. The molecule has 4 heteroatoms. The lowest BCUT2D eigenvalue weighted by Crippen LogP contribution is -2.48. The fourth-order valence-electron chi connectivity index (χ4n) is 3.23. The van der Waals surface area contributed by atoms with Gasteiger partial charge in [0.25, 0.3) is 0 Å².